The molecule has 0 bridgehead atoms. The number of carbonyl (C=O) groups is 2. The van der Waals surface area contributed by atoms with Gasteiger partial charge in [0.25, 0.3) is 0 Å². The van der Waals surface area contributed by atoms with E-state index in [-0.39, 0.29) is 9.79 Å². The number of amides is 2. The first kappa shape index (κ1) is 35.0. The summed E-state index contributed by atoms with van der Waals surface area (Å²) in [5.74, 6) is -5.48. The van der Waals surface area contributed by atoms with Crippen LogP contribution in [-0.2, 0) is 48.9 Å². The number of nitrogens with one attached hydrogen (secondary N) is 2. The molecule has 228 valence electrons. The van der Waals surface area contributed by atoms with Gasteiger partial charge in [-0.3, -0.25) is 9.59 Å². The smallest absolute Gasteiger partial charge is 0.222 e. The highest BCUT2D eigenvalue weighted by Crippen LogP contribution is 2.17. The molecule has 2 amide bonds. The van der Waals surface area contributed by atoms with Crippen molar-refractivity contribution in [1.82, 2.24) is 10.6 Å². The van der Waals surface area contributed by atoms with Crippen LogP contribution in [0.15, 0.2) is 58.3 Å². The van der Waals surface area contributed by atoms with Crippen molar-refractivity contribution in [2.24, 2.45) is 0 Å². The van der Waals surface area contributed by atoms with E-state index < -0.39 is 105 Å². The van der Waals surface area contributed by atoms with Crippen LogP contribution in [0.25, 0.3) is 0 Å². The molecule has 2 rings (SSSR count). The van der Waals surface area contributed by atoms with Gasteiger partial charge in [0.1, 0.15) is 0 Å². The zero-order valence-corrected chi connectivity index (χ0v) is 26.2. The zero-order valence-electron chi connectivity index (χ0n) is 21.5. The summed E-state index contributed by atoms with van der Waals surface area (Å²) >= 11 is 11.4. The Bertz CT molecular complexity index is 1530. The fraction of sp³-hybridized carbons (Fsp3) is 0.391. The van der Waals surface area contributed by atoms with E-state index >= 15 is 0 Å². The Morgan fingerprint density at radius 2 is 0.829 bits per heavy atom. The van der Waals surface area contributed by atoms with E-state index in [1.54, 1.807) is 0 Å². The van der Waals surface area contributed by atoms with Crippen LogP contribution < -0.4 is 10.6 Å². The van der Waals surface area contributed by atoms with E-state index in [2.05, 4.69) is 10.6 Å². The molecular weight excluding hydrogens is 663 g/mol. The Kier molecular flexibility index (Phi) is 12.6. The molecule has 0 unspecified atom stereocenters. The first-order chi connectivity index (χ1) is 18.9. The predicted octanol–water partition coefficient (Wildman–Crippen LogP) is 1.04. The highest BCUT2D eigenvalue weighted by atomic mass is 35.5. The van der Waals surface area contributed by atoms with E-state index in [0.29, 0.717) is 10.0 Å². The first-order valence-corrected chi connectivity index (χ1v) is 19.5. The minimum absolute atomic E-state index is 0.0821. The largest absolute Gasteiger partial charge is 0.339 e. The van der Waals surface area contributed by atoms with Gasteiger partial charge < -0.3 is 10.6 Å². The molecule has 0 saturated heterocycles. The molecule has 2 aromatic carbocycles. The van der Waals surface area contributed by atoms with E-state index in [1.807, 2.05) is 0 Å². The highest BCUT2D eigenvalue weighted by Gasteiger charge is 2.22. The van der Waals surface area contributed by atoms with E-state index in [0.717, 1.165) is 0 Å². The first-order valence-electron chi connectivity index (χ1n) is 11.8. The molecule has 18 heteroatoms. The number of hydrogen-bond donors (Lipinski definition) is 2. The quantitative estimate of drug-likeness (QED) is 0.240. The van der Waals surface area contributed by atoms with Crippen molar-refractivity contribution in [1.29, 1.82) is 0 Å². The lowest BCUT2D eigenvalue weighted by Gasteiger charge is -2.09. The lowest BCUT2D eigenvalue weighted by molar-refractivity contribution is -0.122. The van der Waals surface area contributed by atoms with Crippen LogP contribution in [0.1, 0.15) is 12.8 Å². The van der Waals surface area contributed by atoms with Crippen LogP contribution in [0.3, 0.4) is 0 Å². The molecule has 0 heterocycles. The van der Waals surface area contributed by atoms with Crippen LogP contribution in [-0.4, -0.2) is 86.7 Å². The van der Waals surface area contributed by atoms with Crippen molar-refractivity contribution in [2.45, 2.75) is 22.6 Å². The second-order valence-corrected chi connectivity index (χ2v) is 18.4. The Labute approximate surface area is 249 Å². The molecule has 0 aliphatic carbocycles. The lowest BCUT2D eigenvalue weighted by Crippen LogP contribution is -2.38. The van der Waals surface area contributed by atoms with Gasteiger partial charge in [0.15, 0.2) is 39.3 Å². The third-order valence-corrected chi connectivity index (χ3v) is 13.3. The number of carbonyl (C=O) groups excluding carboxylic acids is 2. The minimum atomic E-state index is -3.90. The summed E-state index contributed by atoms with van der Waals surface area (Å²) in [6.07, 6.45) is -0.981. The maximum atomic E-state index is 12.3. The number of rotatable bonds is 16. The van der Waals surface area contributed by atoms with Crippen LogP contribution >= 0.6 is 23.2 Å². The van der Waals surface area contributed by atoms with Crippen LogP contribution in [0.2, 0.25) is 10.0 Å². The average Bonchev–Trinajstić information content (AvgIpc) is 2.90. The molecule has 0 atom stereocenters. The topological polar surface area (TPSA) is 195 Å². The number of hydrogen-bond acceptors (Lipinski definition) is 10. The summed E-state index contributed by atoms with van der Waals surface area (Å²) in [5, 5.41) is 5.14. The molecule has 0 aromatic heterocycles. The summed E-state index contributed by atoms with van der Waals surface area (Å²) in [6.45, 7) is -0.409. The van der Waals surface area contributed by atoms with Crippen molar-refractivity contribution in [3.63, 3.8) is 0 Å². The van der Waals surface area contributed by atoms with Gasteiger partial charge in [0.2, 0.25) is 11.8 Å². The van der Waals surface area contributed by atoms with Crippen molar-refractivity contribution < 1.29 is 43.3 Å². The molecule has 0 fully saturated rings. The zero-order chi connectivity index (χ0) is 30.9. The molecule has 2 aromatic rings. The van der Waals surface area contributed by atoms with Crippen molar-refractivity contribution >= 4 is 74.4 Å². The van der Waals surface area contributed by atoms with Crippen LogP contribution in [0.4, 0.5) is 0 Å². The maximum absolute atomic E-state index is 12.3. The molecule has 0 saturated carbocycles. The Hall–Kier alpha value is -2.24. The molecular formula is C23H28Cl2N2O10S4. The van der Waals surface area contributed by atoms with Crippen LogP contribution in [0.5, 0.6) is 0 Å². The summed E-state index contributed by atoms with van der Waals surface area (Å²) in [6, 6.07) is 10.5. The maximum Gasteiger partial charge on any atom is 0.222 e. The molecule has 0 aliphatic rings. The van der Waals surface area contributed by atoms with E-state index in [4.69, 9.17) is 23.2 Å². The minimum Gasteiger partial charge on any atom is -0.339 e. The SMILES string of the molecule is O=C(CCS(=O)(=O)CCS(=O)(=O)c1ccc(Cl)cc1)NCNC(=O)CCS(=O)(=O)CCS(=O)(=O)c1ccc(Cl)cc1. The normalized spacial score (nSPS) is 12.5. The Morgan fingerprint density at radius 1 is 0.512 bits per heavy atom. The monoisotopic (exact) mass is 690 g/mol. The van der Waals surface area contributed by atoms with Gasteiger partial charge in [0, 0.05) is 22.9 Å². The standard InChI is InChI=1S/C23H28Cl2N2O10S4/c24-18-1-5-20(6-2-18)40(34,35)15-13-38(30,31)11-9-22(28)26-17-27-23(29)10-12-39(32,33)14-16-41(36,37)21-7-3-19(25)4-8-21/h1-8H,9-17H2,(H,26,28)(H,27,29). The fourth-order valence-electron chi connectivity index (χ4n) is 3.11. The second-order valence-electron chi connectivity index (χ2n) is 8.73. The summed E-state index contributed by atoms with van der Waals surface area (Å²) < 4.78 is 98.0. The van der Waals surface area contributed by atoms with E-state index in [1.165, 1.54) is 48.5 Å². The van der Waals surface area contributed by atoms with E-state index in [9.17, 15) is 43.3 Å². The molecule has 2 N–H and O–H groups in total. The third kappa shape index (κ3) is 12.7. The number of halogens is 2. The van der Waals surface area contributed by atoms with Gasteiger partial charge in [-0.1, -0.05) is 23.2 Å². The molecule has 12 nitrogen and oxygen atoms in total. The summed E-state index contributed by atoms with van der Waals surface area (Å²) in [5.41, 5.74) is 0. The molecule has 0 spiro atoms. The van der Waals surface area contributed by atoms with Gasteiger partial charge in [-0.05, 0) is 48.5 Å². The lowest BCUT2D eigenvalue weighted by atomic mass is 10.4. The average molecular weight is 692 g/mol. The van der Waals surface area contributed by atoms with Gasteiger partial charge in [-0.15, -0.1) is 0 Å². The summed E-state index contributed by atoms with van der Waals surface area (Å²) in [4.78, 5) is 23.7. The second kappa shape index (κ2) is 14.8. The molecule has 41 heavy (non-hydrogen) atoms. The van der Waals surface area contributed by atoms with Gasteiger partial charge in [0.05, 0.1) is 51.0 Å². The van der Waals surface area contributed by atoms with Crippen molar-refractivity contribution in [3.05, 3.63) is 58.6 Å². The van der Waals surface area contributed by atoms with Gasteiger partial charge in [-0.25, -0.2) is 33.7 Å². The Balaban J connectivity index is 1.69. The molecule has 0 radical (unpaired) electrons. The number of sulfone groups is 4. The van der Waals surface area contributed by atoms with Crippen molar-refractivity contribution in [2.75, 3.05) is 41.2 Å². The predicted molar refractivity (Wildman–Crippen MR) is 155 cm³/mol. The summed E-state index contributed by atoms with van der Waals surface area (Å²) in [7, 11) is -15.5. The van der Waals surface area contributed by atoms with Crippen LogP contribution in [0, 0.1) is 0 Å². The van der Waals surface area contributed by atoms with Crippen molar-refractivity contribution in [3.8, 4) is 0 Å². The fourth-order valence-corrected chi connectivity index (χ4v) is 10.1. The Morgan fingerprint density at radius 3 is 1.15 bits per heavy atom. The highest BCUT2D eigenvalue weighted by molar-refractivity contribution is 7.95. The third-order valence-electron chi connectivity index (χ3n) is 5.52. The molecule has 0 aliphatic heterocycles. The number of benzene rings is 2. The van der Waals surface area contributed by atoms with Gasteiger partial charge in [-0.2, -0.15) is 0 Å². The van der Waals surface area contributed by atoms with Gasteiger partial charge >= 0.3 is 0 Å².